The third-order valence-electron chi connectivity index (χ3n) is 3.70. The Balaban J connectivity index is 1.59. The lowest BCUT2D eigenvalue weighted by molar-refractivity contribution is 0.408. The smallest absolute Gasteiger partial charge is 0.00719 e. The first-order valence-corrected chi connectivity index (χ1v) is 7.78. The molecule has 1 aromatic rings. The van der Waals surface area contributed by atoms with Crippen molar-refractivity contribution >= 4 is 11.8 Å². The molecule has 0 amide bonds. The number of nitrogens with two attached hydrogens (primary N) is 1. The van der Waals surface area contributed by atoms with Gasteiger partial charge in [-0.25, -0.2) is 0 Å². The van der Waals surface area contributed by atoms with E-state index in [1.165, 1.54) is 49.2 Å². The van der Waals surface area contributed by atoms with Crippen molar-refractivity contribution in [2.45, 2.75) is 49.5 Å². The largest absolute Gasteiger partial charge is 0.327 e. The predicted octanol–water partition coefficient (Wildman–Crippen LogP) is 4.08. The van der Waals surface area contributed by atoms with E-state index in [-0.39, 0.29) is 0 Å². The van der Waals surface area contributed by atoms with Gasteiger partial charge in [-0.2, -0.15) is 0 Å². The van der Waals surface area contributed by atoms with Crippen LogP contribution in [0.5, 0.6) is 0 Å². The molecular formula is C15H23NS. The molecule has 2 N–H and O–H groups in total. The molecule has 0 radical (unpaired) electrons. The second-order valence-electron chi connectivity index (χ2n) is 5.01. The zero-order valence-corrected chi connectivity index (χ0v) is 11.3. The molecule has 1 aromatic carbocycles. The maximum atomic E-state index is 6.25. The zero-order chi connectivity index (χ0) is 11.9. The van der Waals surface area contributed by atoms with Gasteiger partial charge in [0.05, 0.1) is 0 Å². The Kier molecular flexibility index (Phi) is 5.40. The van der Waals surface area contributed by atoms with E-state index in [2.05, 4.69) is 30.3 Å². The monoisotopic (exact) mass is 249 g/mol. The first kappa shape index (κ1) is 13.0. The van der Waals surface area contributed by atoms with E-state index in [0.717, 1.165) is 5.92 Å². The third kappa shape index (κ3) is 4.36. The number of hydrogen-bond donors (Lipinski definition) is 1. The number of hydrogen-bond acceptors (Lipinski definition) is 2. The van der Waals surface area contributed by atoms with Gasteiger partial charge in [-0.3, -0.25) is 0 Å². The van der Waals surface area contributed by atoms with Crippen LogP contribution in [0, 0.1) is 5.92 Å². The summed E-state index contributed by atoms with van der Waals surface area (Å²) in [6.45, 7) is 0. The van der Waals surface area contributed by atoms with Gasteiger partial charge in [0, 0.05) is 10.9 Å². The Morgan fingerprint density at radius 3 is 2.59 bits per heavy atom. The molecular weight excluding hydrogens is 226 g/mol. The molecule has 0 bridgehead atoms. The van der Waals surface area contributed by atoms with Crippen LogP contribution in [0.25, 0.3) is 0 Å². The van der Waals surface area contributed by atoms with Crippen LogP contribution in [0.3, 0.4) is 0 Å². The zero-order valence-electron chi connectivity index (χ0n) is 10.5. The highest BCUT2D eigenvalue weighted by Crippen LogP contribution is 2.29. The molecule has 1 fully saturated rings. The number of benzene rings is 1. The van der Waals surface area contributed by atoms with Crippen molar-refractivity contribution in [1.29, 1.82) is 0 Å². The summed E-state index contributed by atoms with van der Waals surface area (Å²) in [5, 5.41) is 0. The van der Waals surface area contributed by atoms with Crippen molar-refractivity contribution in [3.8, 4) is 0 Å². The van der Waals surface area contributed by atoms with E-state index < -0.39 is 0 Å². The summed E-state index contributed by atoms with van der Waals surface area (Å²) in [6, 6.07) is 11.1. The molecule has 0 aliphatic heterocycles. The molecule has 2 rings (SSSR count). The Morgan fingerprint density at radius 2 is 1.88 bits per heavy atom. The maximum absolute atomic E-state index is 6.25. The van der Waals surface area contributed by atoms with Crippen molar-refractivity contribution in [2.24, 2.45) is 11.7 Å². The lowest BCUT2D eigenvalue weighted by atomic mass is 9.95. The van der Waals surface area contributed by atoms with Gasteiger partial charge in [0.15, 0.2) is 0 Å². The molecule has 17 heavy (non-hydrogen) atoms. The van der Waals surface area contributed by atoms with Gasteiger partial charge in [0.1, 0.15) is 0 Å². The van der Waals surface area contributed by atoms with E-state index in [1.54, 1.807) is 0 Å². The van der Waals surface area contributed by atoms with Crippen molar-refractivity contribution in [3.05, 3.63) is 30.3 Å². The van der Waals surface area contributed by atoms with Crippen LogP contribution in [0.15, 0.2) is 35.2 Å². The van der Waals surface area contributed by atoms with Gasteiger partial charge >= 0.3 is 0 Å². The van der Waals surface area contributed by atoms with Gasteiger partial charge in [0.2, 0.25) is 0 Å². The highest BCUT2D eigenvalue weighted by molar-refractivity contribution is 7.99. The third-order valence-corrected chi connectivity index (χ3v) is 4.80. The second-order valence-corrected chi connectivity index (χ2v) is 6.18. The Hall–Kier alpha value is -0.470. The summed E-state index contributed by atoms with van der Waals surface area (Å²) in [5.41, 5.74) is 6.25. The van der Waals surface area contributed by atoms with Crippen molar-refractivity contribution < 1.29 is 0 Å². The Labute approximate surface area is 109 Å². The fourth-order valence-electron chi connectivity index (χ4n) is 2.65. The van der Waals surface area contributed by atoms with Crippen molar-refractivity contribution in [1.82, 2.24) is 0 Å². The van der Waals surface area contributed by atoms with Gasteiger partial charge < -0.3 is 5.73 Å². The molecule has 1 atom stereocenters. The topological polar surface area (TPSA) is 26.0 Å². The first-order valence-electron chi connectivity index (χ1n) is 6.79. The van der Waals surface area contributed by atoms with Gasteiger partial charge in [0.25, 0.3) is 0 Å². The molecule has 0 aromatic heterocycles. The molecule has 1 aliphatic carbocycles. The fraction of sp³-hybridized carbons (Fsp3) is 0.600. The number of rotatable bonds is 6. The SMILES string of the molecule is NC(CCCSc1ccccc1)C1CCCC1. The molecule has 94 valence electrons. The highest BCUT2D eigenvalue weighted by atomic mass is 32.2. The minimum absolute atomic E-state index is 0.453. The summed E-state index contributed by atoms with van der Waals surface area (Å²) >= 11 is 1.95. The highest BCUT2D eigenvalue weighted by Gasteiger charge is 2.21. The summed E-state index contributed by atoms with van der Waals surface area (Å²) < 4.78 is 0. The van der Waals surface area contributed by atoms with Crippen LogP contribution in [-0.2, 0) is 0 Å². The average Bonchev–Trinajstić information content (AvgIpc) is 2.89. The molecule has 1 nitrogen and oxygen atoms in total. The fourth-order valence-corrected chi connectivity index (χ4v) is 3.54. The maximum Gasteiger partial charge on any atom is 0.00719 e. The van der Waals surface area contributed by atoms with Crippen molar-refractivity contribution in [3.63, 3.8) is 0 Å². The summed E-state index contributed by atoms with van der Waals surface area (Å²) in [5.74, 6) is 2.02. The van der Waals surface area contributed by atoms with Crippen LogP contribution >= 0.6 is 11.8 Å². The van der Waals surface area contributed by atoms with E-state index in [0.29, 0.717) is 6.04 Å². The van der Waals surface area contributed by atoms with Crippen LogP contribution in [0.1, 0.15) is 38.5 Å². The summed E-state index contributed by atoms with van der Waals surface area (Å²) in [6.07, 6.45) is 7.98. The standard InChI is InChI=1S/C15H23NS/c16-15(13-7-4-5-8-13)11-6-12-17-14-9-2-1-3-10-14/h1-3,9-10,13,15H,4-8,11-12,16H2. The quantitative estimate of drug-likeness (QED) is 0.607. The molecule has 2 heteroatoms. The molecule has 0 spiro atoms. The lowest BCUT2D eigenvalue weighted by Gasteiger charge is -2.18. The van der Waals surface area contributed by atoms with E-state index in [4.69, 9.17) is 5.73 Å². The van der Waals surface area contributed by atoms with E-state index in [9.17, 15) is 0 Å². The van der Waals surface area contributed by atoms with E-state index in [1.807, 2.05) is 11.8 Å². The predicted molar refractivity (Wildman–Crippen MR) is 76.3 cm³/mol. The van der Waals surface area contributed by atoms with Crippen LogP contribution in [0.4, 0.5) is 0 Å². The van der Waals surface area contributed by atoms with Gasteiger partial charge in [-0.15, -0.1) is 11.8 Å². The Morgan fingerprint density at radius 1 is 1.18 bits per heavy atom. The summed E-state index contributed by atoms with van der Waals surface area (Å²) in [4.78, 5) is 1.38. The lowest BCUT2D eigenvalue weighted by Crippen LogP contribution is -2.28. The van der Waals surface area contributed by atoms with Gasteiger partial charge in [-0.05, 0) is 49.5 Å². The Bertz CT molecular complexity index is 306. The van der Waals surface area contributed by atoms with Crippen molar-refractivity contribution in [2.75, 3.05) is 5.75 Å². The molecule has 1 unspecified atom stereocenters. The average molecular weight is 249 g/mol. The minimum Gasteiger partial charge on any atom is -0.327 e. The van der Waals surface area contributed by atoms with E-state index >= 15 is 0 Å². The molecule has 0 heterocycles. The normalized spacial score (nSPS) is 18.4. The van der Waals surface area contributed by atoms with Crippen LogP contribution in [0.2, 0.25) is 0 Å². The van der Waals surface area contributed by atoms with Crippen LogP contribution in [-0.4, -0.2) is 11.8 Å². The van der Waals surface area contributed by atoms with Gasteiger partial charge in [-0.1, -0.05) is 31.0 Å². The second kappa shape index (κ2) is 7.07. The minimum atomic E-state index is 0.453. The molecule has 1 saturated carbocycles. The molecule has 0 saturated heterocycles. The first-order chi connectivity index (χ1) is 8.36. The molecule has 1 aliphatic rings. The number of thioether (sulfide) groups is 1. The summed E-state index contributed by atoms with van der Waals surface area (Å²) in [7, 11) is 0. The van der Waals surface area contributed by atoms with Crippen LogP contribution < -0.4 is 5.73 Å².